The molecule has 1 aromatic rings. The van der Waals surface area contributed by atoms with E-state index in [9.17, 15) is 4.79 Å². The van der Waals surface area contributed by atoms with E-state index < -0.39 is 0 Å². The van der Waals surface area contributed by atoms with Gasteiger partial charge in [0.2, 0.25) is 0 Å². The van der Waals surface area contributed by atoms with Gasteiger partial charge in [-0.1, -0.05) is 11.6 Å². The summed E-state index contributed by atoms with van der Waals surface area (Å²) in [6, 6.07) is 1.79. The van der Waals surface area contributed by atoms with Gasteiger partial charge in [-0.3, -0.25) is 4.79 Å². The van der Waals surface area contributed by atoms with E-state index in [1.807, 2.05) is 6.92 Å². The largest absolute Gasteiger partial charge is 0.486 e. The highest BCUT2D eigenvalue weighted by Gasteiger charge is 2.22. The van der Waals surface area contributed by atoms with Gasteiger partial charge in [-0.05, 0) is 25.5 Å². The molecule has 0 N–H and O–H groups in total. The summed E-state index contributed by atoms with van der Waals surface area (Å²) in [5.41, 5.74) is 1.33. The van der Waals surface area contributed by atoms with Crippen molar-refractivity contribution < 1.29 is 14.3 Å². The van der Waals surface area contributed by atoms with Gasteiger partial charge in [0.15, 0.2) is 17.3 Å². The topological polar surface area (TPSA) is 35.5 Å². The van der Waals surface area contributed by atoms with Crippen molar-refractivity contribution in [2.45, 2.75) is 13.8 Å². The van der Waals surface area contributed by atoms with Crippen LogP contribution in [0.15, 0.2) is 6.07 Å². The van der Waals surface area contributed by atoms with Gasteiger partial charge >= 0.3 is 0 Å². The summed E-state index contributed by atoms with van der Waals surface area (Å²) in [4.78, 5) is 11.4. The molecule has 0 saturated carbocycles. The molecule has 0 aliphatic carbocycles. The molecule has 0 unspecified atom stereocenters. The maximum absolute atomic E-state index is 11.4. The number of halogens is 1. The number of hydrogen-bond donors (Lipinski definition) is 0. The van der Waals surface area contributed by atoms with Gasteiger partial charge in [0, 0.05) is 5.56 Å². The highest BCUT2D eigenvalue weighted by molar-refractivity contribution is 6.35. The maximum Gasteiger partial charge on any atom is 0.180 e. The fourth-order valence-electron chi connectivity index (χ4n) is 1.70. The Bertz CT molecular complexity index is 426. The second-order valence-corrected chi connectivity index (χ2v) is 3.84. The van der Waals surface area contributed by atoms with Crippen molar-refractivity contribution >= 4 is 17.4 Å². The van der Waals surface area contributed by atoms with Crippen LogP contribution < -0.4 is 9.47 Å². The van der Waals surface area contributed by atoms with Crippen LogP contribution in [0.2, 0.25) is 5.02 Å². The number of fused-ring (bicyclic) bond motifs is 1. The van der Waals surface area contributed by atoms with Crippen LogP contribution in [0.1, 0.15) is 22.8 Å². The first kappa shape index (κ1) is 10.3. The summed E-state index contributed by atoms with van der Waals surface area (Å²) < 4.78 is 10.8. The first-order chi connectivity index (χ1) is 7.11. The Labute approximate surface area is 92.9 Å². The average Bonchev–Trinajstić information content (AvgIpc) is 2.17. The molecule has 0 spiro atoms. The molecule has 0 amide bonds. The van der Waals surface area contributed by atoms with Crippen LogP contribution >= 0.6 is 11.6 Å². The first-order valence-corrected chi connectivity index (χ1v) is 5.08. The SMILES string of the molecule is CC(=O)c1c(C)cc2c(c1Cl)OCCO2. The molecular formula is C11H11ClO3. The average molecular weight is 227 g/mol. The van der Waals surface area contributed by atoms with Crippen molar-refractivity contribution in [2.75, 3.05) is 13.2 Å². The number of aryl methyl sites for hydroxylation is 1. The predicted molar refractivity (Wildman–Crippen MR) is 57.2 cm³/mol. The fourth-order valence-corrected chi connectivity index (χ4v) is 2.13. The second kappa shape index (κ2) is 3.74. The number of ether oxygens (including phenoxy) is 2. The zero-order valence-corrected chi connectivity index (χ0v) is 9.35. The van der Waals surface area contributed by atoms with Crippen LogP contribution in [0.3, 0.4) is 0 Å². The molecule has 0 fully saturated rings. The van der Waals surface area contributed by atoms with E-state index in [2.05, 4.69) is 0 Å². The monoisotopic (exact) mass is 226 g/mol. The summed E-state index contributed by atoms with van der Waals surface area (Å²) in [6.07, 6.45) is 0. The molecule has 0 radical (unpaired) electrons. The molecule has 0 bridgehead atoms. The fraction of sp³-hybridized carbons (Fsp3) is 0.364. The van der Waals surface area contributed by atoms with Gasteiger partial charge in [0.25, 0.3) is 0 Å². The number of benzene rings is 1. The minimum absolute atomic E-state index is 0.0607. The maximum atomic E-state index is 11.4. The molecule has 0 atom stereocenters. The lowest BCUT2D eigenvalue weighted by molar-refractivity contribution is 0.101. The van der Waals surface area contributed by atoms with E-state index in [1.165, 1.54) is 6.92 Å². The molecule has 1 aromatic carbocycles. The molecule has 0 saturated heterocycles. The Morgan fingerprint density at radius 2 is 2.07 bits per heavy atom. The summed E-state index contributed by atoms with van der Waals surface area (Å²) in [5.74, 6) is 1.04. The third-order valence-electron chi connectivity index (χ3n) is 2.32. The van der Waals surface area contributed by atoms with Gasteiger partial charge in [-0.2, -0.15) is 0 Å². The van der Waals surface area contributed by atoms with Crippen molar-refractivity contribution in [1.82, 2.24) is 0 Å². The van der Waals surface area contributed by atoms with Crippen LogP contribution in [-0.2, 0) is 0 Å². The van der Waals surface area contributed by atoms with Crippen molar-refractivity contribution in [3.63, 3.8) is 0 Å². The van der Waals surface area contributed by atoms with Crippen LogP contribution in [0.5, 0.6) is 11.5 Å². The van der Waals surface area contributed by atoms with E-state index in [0.717, 1.165) is 5.56 Å². The number of carbonyl (C=O) groups is 1. The number of rotatable bonds is 1. The van der Waals surface area contributed by atoms with Crippen molar-refractivity contribution in [3.05, 3.63) is 22.2 Å². The second-order valence-electron chi connectivity index (χ2n) is 3.46. The molecule has 2 rings (SSSR count). The van der Waals surface area contributed by atoms with Crippen LogP contribution in [0.4, 0.5) is 0 Å². The van der Waals surface area contributed by atoms with Gasteiger partial charge in [0.1, 0.15) is 13.2 Å². The molecular weight excluding hydrogens is 216 g/mol. The van der Waals surface area contributed by atoms with Crippen LogP contribution in [-0.4, -0.2) is 19.0 Å². The molecule has 15 heavy (non-hydrogen) atoms. The predicted octanol–water partition coefficient (Wildman–Crippen LogP) is 2.62. The third-order valence-corrected chi connectivity index (χ3v) is 2.68. The Morgan fingerprint density at radius 3 is 2.73 bits per heavy atom. The Hall–Kier alpha value is -1.22. The minimum atomic E-state index is -0.0607. The van der Waals surface area contributed by atoms with Gasteiger partial charge in [0.05, 0.1) is 5.02 Å². The molecule has 1 aliphatic heterocycles. The summed E-state index contributed by atoms with van der Waals surface area (Å²) in [5, 5.41) is 0.359. The Morgan fingerprint density at radius 1 is 1.40 bits per heavy atom. The van der Waals surface area contributed by atoms with Gasteiger partial charge < -0.3 is 9.47 Å². The quantitative estimate of drug-likeness (QED) is 0.691. The normalized spacial score (nSPS) is 13.8. The van der Waals surface area contributed by atoms with Crippen LogP contribution in [0, 0.1) is 6.92 Å². The molecule has 4 heteroatoms. The molecule has 80 valence electrons. The lowest BCUT2D eigenvalue weighted by atomic mass is 10.0. The number of ketones is 1. The standard InChI is InChI=1S/C11H11ClO3/c1-6-5-8-11(15-4-3-14-8)10(12)9(6)7(2)13/h5H,3-4H2,1-2H3. The summed E-state index contributed by atoms with van der Waals surface area (Å²) in [7, 11) is 0. The summed E-state index contributed by atoms with van der Waals surface area (Å²) >= 11 is 6.10. The van der Waals surface area contributed by atoms with Crippen LogP contribution in [0.25, 0.3) is 0 Å². The van der Waals surface area contributed by atoms with Crippen molar-refractivity contribution in [3.8, 4) is 11.5 Å². The van der Waals surface area contributed by atoms with E-state index >= 15 is 0 Å². The lowest BCUT2D eigenvalue weighted by Crippen LogP contribution is -2.17. The molecule has 1 aliphatic rings. The smallest absolute Gasteiger partial charge is 0.180 e. The highest BCUT2D eigenvalue weighted by Crippen LogP contribution is 2.41. The lowest BCUT2D eigenvalue weighted by Gasteiger charge is -2.21. The third kappa shape index (κ3) is 1.67. The number of hydrogen-bond acceptors (Lipinski definition) is 3. The Balaban J connectivity index is 2.64. The number of carbonyl (C=O) groups excluding carboxylic acids is 1. The minimum Gasteiger partial charge on any atom is -0.486 e. The van der Waals surface area contributed by atoms with E-state index in [4.69, 9.17) is 21.1 Å². The molecule has 3 nitrogen and oxygen atoms in total. The number of Topliss-reactive ketones (excluding diaryl/α,β-unsaturated/α-hetero) is 1. The molecule has 1 heterocycles. The van der Waals surface area contributed by atoms with Crippen molar-refractivity contribution in [2.24, 2.45) is 0 Å². The first-order valence-electron chi connectivity index (χ1n) is 4.71. The van der Waals surface area contributed by atoms with Gasteiger partial charge in [-0.25, -0.2) is 0 Å². The zero-order valence-electron chi connectivity index (χ0n) is 8.59. The van der Waals surface area contributed by atoms with E-state index in [1.54, 1.807) is 6.07 Å². The molecule has 0 aromatic heterocycles. The van der Waals surface area contributed by atoms with Crippen molar-refractivity contribution in [1.29, 1.82) is 0 Å². The van der Waals surface area contributed by atoms with Gasteiger partial charge in [-0.15, -0.1) is 0 Å². The highest BCUT2D eigenvalue weighted by atomic mass is 35.5. The zero-order chi connectivity index (χ0) is 11.0. The Kier molecular flexibility index (Phi) is 2.57. The van der Waals surface area contributed by atoms with E-state index in [-0.39, 0.29) is 5.78 Å². The summed E-state index contributed by atoms with van der Waals surface area (Å²) in [6.45, 7) is 4.31. The van der Waals surface area contributed by atoms with E-state index in [0.29, 0.717) is 35.3 Å².